The number of benzene rings is 1. The van der Waals surface area contributed by atoms with Crippen LogP contribution in [0.15, 0.2) is 24.3 Å². The zero-order valence-electron chi connectivity index (χ0n) is 12.6. The summed E-state index contributed by atoms with van der Waals surface area (Å²) in [5, 5.41) is 0. The minimum Gasteiger partial charge on any atom is -0.438 e. The van der Waals surface area contributed by atoms with Gasteiger partial charge >= 0.3 is 5.97 Å². The molecule has 1 unspecified atom stereocenters. The molecule has 1 aliphatic carbocycles. The minimum absolute atomic E-state index is 0.0429. The lowest BCUT2D eigenvalue weighted by Crippen LogP contribution is -2.27. The number of hydrogen-bond acceptors (Lipinski definition) is 3. The number of aryl methyl sites for hydroxylation is 1. The zero-order valence-corrected chi connectivity index (χ0v) is 12.6. The summed E-state index contributed by atoms with van der Waals surface area (Å²) in [6.07, 6.45) is 4.04. The Morgan fingerprint density at radius 3 is 2.85 bits per heavy atom. The summed E-state index contributed by atoms with van der Waals surface area (Å²) in [6, 6.07) is 8.35. The van der Waals surface area contributed by atoms with Gasteiger partial charge in [0.1, 0.15) is 0 Å². The van der Waals surface area contributed by atoms with Crippen molar-refractivity contribution >= 4 is 5.97 Å². The normalized spacial score (nSPS) is 18.4. The zero-order chi connectivity index (χ0) is 14.6. The fourth-order valence-electron chi connectivity index (χ4n) is 2.39. The van der Waals surface area contributed by atoms with Crippen molar-refractivity contribution in [1.29, 1.82) is 0 Å². The first-order valence-electron chi connectivity index (χ1n) is 7.41. The van der Waals surface area contributed by atoms with Gasteiger partial charge in [-0.2, -0.15) is 0 Å². The van der Waals surface area contributed by atoms with Gasteiger partial charge in [0.25, 0.3) is 0 Å². The Morgan fingerprint density at radius 2 is 2.10 bits per heavy atom. The topological polar surface area (TPSA) is 35.5 Å². The summed E-state index contributed by atoms with van der Waals surface area (Å²) in [5.41, 5.74) is 2.15. The third-order valence-corrected chi connectivity index (χ3v) is 4.21. The summed E-state index contributed by atoms with van der Waals surface area (Å²) in [6.45, 7) is 5.82. The van der Waals surface area contributed by atoms with Crippen LogP contribution in [-0.4, -0.2) is 12.8 Å². The molecule has 110 valence electrons. The molecule has 0 saturated carbocycles. The van der Waals surface area contributed by atoms with E-state index in [0.29, 0.717) is 0 Å². The Balaban J connectivity index is 1.88. The van der Waals surface area contributed by atoms with E-state index < -0.39 is 5.41 Å². The summed E-state index contributed by atoms with van der Waals surface area (Å²) < 4.78 is 11.0. The predicted octanol–water partition coefficient (Wildman–Crippen LogP) is 4.02. The van der Waals surface area contributed by atoms with Crippen LogP contribution in [0.3, 0.4) is 0 Å². The van der Waals surface area contributed by atoms with Crippen LogP contribution in [-0.2, 0) is 20.7 Å². The van der Waals surface area contributed by atoms with Gasteiger partial charge in [-0.25, -0.2) is 0 Å². The predicted molar refractivity (Wildman–Crippen MR) is 78.2 cm³/mol. The maximum absolute atomic E-state index is 11.9. The lowest BCUT2D eigenvalue weighted by Gasteiger charge is -2.26. The quantitative estimate of drug-likeness (QED) is 0.602. The number of carbonyl (C=O) groups is 1. The number of esters is 1. The number of rotatable bonds is 5. The Labute approximate surface area is 121 Å². The van der Waals surface area contributed by atoms with Crippen molar-refractivity contribution in [3.8, 4) is 0 Å². The van der Waals surface area contributed by atoms with Crippen LogP contribution in [0.1, 0.15) is 57.3 Å². The molecule has 0 saturated heterocycles. The van der Waals surface area contributed by atoms with Crippen molar-refractivity contribution in [1.82, 2.24) is 0 Å². The molecule has 0 bridgehead atoms. The van der Waals surface area contributed by atoms with Crippen LogP contribution < -0.4 is 0 Å². The SMILES string of the molecule is CCC(C)(C)C(=O)OCOC1CCCc2ccccc21. The molecule has 3 nitrogen and oxygen atoms in total. The second-order valence-electron chi connectivity index (χ2n) is 6.03. The molecular formula is C17H24O3. The second-order valence-corrected chi connectivity index (χ2v) is 6.03. The Bertz CT molecular complexity index is 465. The maximum Gasteiger partial charge on any atom is 0.313 e. The van der Waals surface area contributed by atoms with E-state index >= 15 is 0 Å². The average molecular weight is 276 g/mol. The number of carbonyl (C=O) groups excluding carboxylic acids is 1. The molecule has 0 aromatic heterocycles. The maximum atomic E-state index is 11.9. The molecule has 3 heteroatoms. The first kappa shape index (κ1) is 15.0. The van der Waals surface area contributed by atoms with Gasteiger partial charge in [0.15, 0.2) is 6.79 Å². The van der Waals surface area contributed by atoms with Gasteiger partial charge in [-0.05, 0) is 50.7 Å². The average Bonchev–Trinajstić information content (AvgIpc) is 2.47. The highest BCUT2D eigenvalue weighted by Crippen LogP contribution is 2.32. The lowest BCUT2D eigenvalue weighted by atomic mass is 9.89. The van der Waals surface area contributed by atoms with Gasteiger partial charge in [-0.1, -0.05) is 31.2 Å². The molecule has 1 atom stereocenters. The number of hydrogen-bond donors (Lipinski definition) is 0. The molecule has 0 aliphatic heterocycles. The summed E-state index contributed by atoms with van der Waals surface area (Å²) >= 11 is 0. The third kappa shape index (κ3) is 3.40. The van der Waals surface area contributed by atoms with Crippen molar-refractivity contribution in [2.45, 2.75) is 52.6 Å². The summed E-state index contributed by atoms with van der Waals surface area (Å²) in [5.74, 6) is -0.191. The van der Waals surface area contributed by atoms with E-state index in [0.717, 1.165) is 25.7 Å². The van der Waals surface area contributed by atoms with E-state index in [9.17, 15) is 4.79 Å². The first-order valence-corrected chi connectivity index (χ1v) is 7.41. The van der Waals surface area contributed by atoms with E-state index in [-0.39, 0.29) is 18.9 Å². The Hall–Kier alpha value is -1.35. The largest absolute Gasteiger partial charge is 0.438 e. The molecule has 2 rings (SSSR count). The molecule has 1 aromatic carbocycles. The van der Waals surface area contributed by atoms with Crippen LogP contribution in [0, 0.1) is 5.41 Å². The Kier molecular flexibility index (Phi) is 4.81. The van der Waals surface area contributed by atoms with Gasteiger partial charge < -0.3 is 9.47 Å². The lowest BCUT2D eigenvalue weighted by molar-refractivity contribution is -0.172. The highest BCUT2D eigenvalue weighted by molar-refractivity contribution is 5.75. The molecule has 1 aliphatic rings. The van der Waals surface area contributed by atoms with Gasteiger partial charge in [0.05, 0.1) is 11.5 Å². The molecule has 1 aromatic rings. The first-order chi connectivity index (χ1) is 9.54. The van der Waals surface area contributed by atoms with Crippen LogP contribution >= 0.6 is 0 Å². The van der Waals surface area contributed by atoms with E-state index in [4.69, 9.17) is 9.47 Å². The highest BCUT2D eigenvalue weighted by Gasteiger charge is 2.27. The molecule has 0 N–H and O–H groups in total. The van der Waals surface area contributed by atoms with Crippen LogP contribution in [0.4, 0.5) is 0 Å². The summed E-state index contributed by atoms with van der Waals surface area (Å²) in [4.78, 5) is 11.9. The standard InChI is InChI=1S/C17H24O3/c1-4-17(2,3)16(18)20-12-19-15-11-7-9-13-8-5-6-10-14(13)15/h5-6,8,10,15H,4,7,9,11-12H2,1-3H3. The van der Waals surface area contributed by atoms with Crippen molar-refractivity contribution in [2.75, 3.05) is 6.79 Å². The Morgan fingerprint density at radius 1 is 1.35 bits per heavy atom. The van der Waals surface area contributed by atoms with E-state index in [1.807, 2.05) is 26.8 Å². The monoisotopic (exact) mass is 276 g/mol. The second kappa shape index (κ2) is 6.40. The summed E-state index contributed by atoms with van der Waals surface area (Å²) in [7, 11) is 0. The van der Waals surface area contributed by atoms with Gasteiger partial charge in [-0.3, -0.25) is 4.79 Å². The molecule has 0 amide bonds. The molecule has 0 fully saturated rings. The van der Waals surface area contributed by atoms with Gasteiger partial charge in [0, 0.05) is 0 Å². The fourth-order valence-corrected chi connectivity index (χ4v) is 2.39. The molecule has 20 heavy (non-hydrogen) atoms. The van der Waals surface area contributed by atoms with Gasteiger partial charge in [-0.15, -0.1) is 0 Å². The highest BCUT2D eigenvalue weighted by atomic mass is 16.7. The smallest absolute Gasteiger partial charge is 0.313 e. The van der Waals surface area contributed by atoms with Crippen molar-refractivity contribution < 1.29 is 14.3 Å². The molecule has 0 heterocycles. The van der Waals surface area contributed by atoms with Crippen LogP contribution in [0.25, 0.3) is 0 Å². The van der Waals surface area contributed by atoms with E-state index in [1.165, 1.54) is 11.1 Å². The van der Waals surface area contributed by atoms with Crippen LogP contribution in [0.5, 0.6) is 0 Å². The number of ether oxygens (including phenoxy) is 2. The van der Waals surface area contributed by atoms with E-state index in [2.05, 4.69) is 18.2 Å². The van der Waals surface area contributed by atoms with Crippen molar-refractivity contribution in [2.24, 2.45) is 5.41 Å². The van der Waals surface area contributed by atoms with Crippen LogP contribution in [0.2, 0.25) is 0 Å². The number of fused-ring (bicyclic) bond motifs is 1. The molecule has 0 spiro atoms. The molecule has 0 radical (unpaired) electrons. The van der Waals surface area contributed by atoms with Gasteiger partial charge in [0.2, 0.25) is 0 Å². The third-order valence-electron chi connectivity index (χ3n) is 4.21. The van der Waals surface area contributed by atoms with Crippen molar-refractivity contribution in [3.63, 3.8) is 0 Å². The fraction of sp³-hybridized carbons (Fsp3) is 0.588. The van der Waals surface area contributed by atoms with E-state index in [1.54, 1.807) is 0 Å². The van der Waals surface area contributed by atoms with Crippen molar-refractivity contribution in [3.05, 3.63) is 35.4 Å². The molecular weight excluding hydrogens is 252 g/mol. The minimum atomic E-state index is -0.437.